The fraction of sp³-hybridized carbons (Fsp3) is 0.600. The van der Waals surface area contributed by atoms with Crippen molar-refractivity contribution in [3.05, 3.63) is 10.8 Å². The molecule has 1 aromatic rings. The van der Waals surface area contributed by atoms with E-state index in [4.69, 9.17) is 4.74 Å². The van der Waals surface area contributed by atoms with Crippen LogP contribution in [0.3, 0.4) is 0 Å². The zero-order valence-corrected chi connectivity index (χ0v) is 9.36. The van der Waals surface area contributed by atoms with Gasteiger partial charge in [-0.05, 0) is 20.8 Å². The molecule has 2 nitrogen and oxygen atoms in total. The topological polar surface area (TPSA) is 12.5 Å². The van der Waals surface area contributed by atoms with Crippen molar-refractivity contribution < 1.29 is 4.74 Å². The minimum absolute atomic E-state index is 0.741. The van der Waals surface area contributed by atoms with E-state index in [0.29, 0.717) is 0 Å². The summed E-state index contributed by atoms with van der Waals surface area (Å²) in [5.41, 5.74) is 1.23. The van der Waals surface area contributed by atoms with Crippen LogP contribution in [0.2, 0.25) is 0 Å². The largest absolute Gasteiger partial charge is 0.491 e. The Labute approximate surface area is 84.1 Å². The van der Waals surface area contributed by atoms with Gasteiger partial charge in [0.2, 0.25) is 0 Å². The second-order valence-corrected chi connectivity index (χ2v) is 3.47. The van der Waals surface area contributed by atoms with Gasteiger partial charge < -0.3 is 9.64 Å². The predicted octanol–water partition coefficient (Wildman–Crippen LogP) is 2.99. The molecule has 1 heterocycles. The highest BCUT2D eigenvalue weighted by atomic mass is 32.1. The third-order valence-electron chi connectivity index (χ3n) is 2.01. The molecule has 0 saturated heterocycles. The highest BCUT2D eigenvalue weighted by Gasteiger charge is 2.09. The van der Waals surface area contributed by atoms with Crippen LogP contribution in [0.1, 0.15) is 20.8 Å². The van der Waals surface area contributed by atoms with Crippen LogP contribution in [0.15, 0.2) is 10.8 Å². The van der Waals surface area contributed by atoms with Gasteiger partial charge in [-0.3, -0.25) is 0 Å². The van der Waals surface area contributed by atoms with Gasteiger partial charge in [0.05, 0.1) is 12.3 Å². The molecular formula is C10H17NOS. The van der Waals surface area contributed by atoms with Crippen molar-refractivity contribution in [3.63, 3.8) is 0 Å². The van der Waals surface area contributed by atoms with Gasteiger partial charge in [0.1, 0.15) is 0 Å². The van der Waals surface area contributed by atoms with E-state index in [1.807, 2.05) is 6.92 Å². The first-order valence-corrected chi connectivity index (χ1v) is 5.71. The van der Waals surface area contributed by atoms with Gasteiger partial charge in [-0.2, -0.15) is 0 Å². The maximum Gasteiger partial charge on any atom is 0.153 e. The van der Waals surface area contributed by atoms with Crippen molar-refractivity contribution in [2.24, 2.45) is 0 Å². The van der Waals surface area contributed by atoms with Crippen LogP contribution in [0.5, 0.6) is 5.75 Å². The average Bonchev–Trinajstić information content (AvgIpc) is 2.57. The van der Waals surface area contributed by atoms with Crippen molar-refractivity contribution in [2.75, 3.05) is 24.6 Å². The molecule has 0 atom stereocenters. The van der Waals surface area contributed by atoms with Crippen molar-refractivity contribution >= 4 is 17.0 Å². The van der Waals surface area contributed by atoms with Gasteiger partial charge in [0.25, 0.3) is 0 Å². The molecule has 0 N–H and O–H groups in total. The summed E-state index contributed by atoms with van der Waals surface area (Å²) in [7, 11) is 0. The molecule has 13 heavy (non-hydrogen) atoms. The summed E-state index contributed by atoms with van der Waals surface area (Å²) in [6, 6.07) is 0. The molecule has 0 saturated carbocycles. The predicted molar refractivity (Wildman–Crippen MR) is 59.0 cm³/mol. The van der Waals surface area contributed by atoms with E-state index in [9.17, 15) is 0 Å². The molecule has 0 spiro atoms. The van der Waals surface area contributed by atoms with E-state index in [1.165, 1.54) is 5.69 Å². The summed E-state index contributed by atoms with van der Waals surface area (Å²) in [6.45, 7) is 9.16. The van der Waals surface area contributed by atoms with Gasteiger partial charge in [0, 0.05) is 23.8 Å². The number of anilines is 1. The lowest BCUT2D eigenvalue weighted by molar-refractivity contribution is 0.342. The SMILES string of the molecule is CCOc1cscc1N(CC)CC. The standard InChI is InChI=1S/C10H17NOS/c1-4-11(5-2)9-7-13-8-10(9)12-6-3/h7-8H,4-6H2,1-3H3. The fourth-order valence-corrected chi connectivity index (χ4v) is 2.11. The Morgan fingerprint density at radius 1 is 1.23 bits per heavy atom. The number of thiophene rings is 1. The molecule has 0 aliphatic heterocycles. The molecular weight excluding hydrogens is 182 g/mol. The summed E-state index contributed by atoms with van der Waals surface area (Å²) in [5, 5.41) is 4.22. The van der Waals surface area contributed by atoms with Gasteiger partial charge in [0.15, 0.2) is 5.75 Å². The zero-order valence-electron chi connectivity index (χ0n) is 8.54. The van der Waals surface area contributed by atoms with Gasteiger partial charge in [-0.15, -0.1) is 11.3 Å². The average molecular weight is 199 g/mol. The lowest BCUT2D eigenvalue weighted by Gasteiger charge is -2.20. The van der Waals surface area contributed by atoms with Crippen LogP contribution in [-0.4, -0.2) is 19.7 Å². The first kappa shape index (κ1) is 10.4. The number of rotatable bonds is 5. The Bertz CT molecular complexity index is 243. The maximum atomic E-state index is 5.53. The third kappa shape index (κ3) is 2.37. The van der Waals surface area contributed by atoms with Gasteiger partial charge in [-0.25, -0.2) is 0 Å². The van der Waals surface area contributed by atoms with E-state index in [-0.39, 0.29) is 0 Å². The molecule has 0 fully saturated rings. The molecule has 0 unspecified atom stereocenters. The molecule has 74 valence electrons. The number of hydrogen-bond donors (Lipinski definition) is 0. The normalized spacial score (nSPS) is 10.1. The van der Waals surface area contributed by atoms with Crippen molar-refractivity contribution in [3.8, 4) is 5.75 Å². The molecule has 0 bridgehead atoms. The molecule has 3 heteroatoms. The van der Waals surface area contributed by atoms with E-state index < -0.39 is 0 Å². The molecule has 0 aliphatic carbocycles. The van der Waals surface area contributed by atoms with Gasteiger partial charge >= 0.3 is 0 Å². The summed E-state index contributed by atoms with van der Waals surface area (Å²) in [6.07, 6.45) is 0. The summed E-state index contributed by atoms with van der Waals surface area (Å²) in [5.74, 6) is 1.02. The van der Waals surface area contributed by atoms with Crippen LogP contribution in [0.25, 0.3) is 0 Å². The quantitative estimate of drug-likeness (QED) is 0.723. The molecule has 0 radical (unpaired) electrons. The minimum atomic E-state index is 0.741. The minimum Gasteiger partial charge on any atom is -0.491 e. The van der Waals surface area contributed by atoms with Crippen LogP contribution in [0.4, 0.5) is 5.69 Å². The van der Waals surface area contributed by atoms with Crippen LogP contribution >= 0.6 is 11.3 Å². The highest BCUT2D eigenvalue weighted by Crippen LogP contribution is 2.32. The second-order valence-electron chi connectivity index (χ2n) is 2.73. The van der Waals surface area contributed by atoms with Crippen LogP contribution < -0.4 is 9.64 Å². The number of nitrogens with zero attached hydrogens (tertiary/aromatic N) is 1. The fourth-order valence-electron chi connectivity index (χ4n) is 1.34. The number of hydrogen-bond acceptors (Lipinski definition) is 3. The second kappa shape index (κ2) is 5.12. The third-order valence-corrected chi connectivity index (χ3v) is 2.72. The Balaban J connectivity index is 2.78. The smallest absolute Gasteiger partial charge is 0.153 e. The van der Waals surface area contributed by atoms with E-state index >= 15 is 0 Å². The summed E-state index contributed by atoms with van der Waals surface area (Å²) >= 11 is 1.70. The van der Waals surface area contributed by atoms with Crippen LogP contribution in [0, 0.1) is 0 Å². The van der Waals surface area contributed by atoms with Gasteiger partial charge in [-0.1, -0.05) is 0 Å². The lowest BCUT2D eigenvalue weighted by atomic mass is 10.4. The van der Waals surface area contributed by atoms with Crippen molar-refractivity contribution in [1.29, 1.82) is 0 Å². The Morgan fingerprint density at radius 3 is 2.46 bits per heavy atom. The molecule has 1 rings (SSSR count). The molecule has 1 aromatic heterocycles. The Morgan fingerprint density at radius 2 is 1.92 bits per heavy atom. The first-order chi connectivity index (χ1) is 6.33. The number of ether oxygens (including phenoxy) is 1. The molecule has 0 aromatic carbocycles. The first-order valence-electron chi connectivity index (χ1n) is 4.77. The monoisotopic (exact) mass is 199 g/mol. The van der Waals surface area contributed by atoms with E-state index in [1.54, 1.807) is 11.3 Å². The highest BCUT2D eigenvalue weighted by molar-refractivity contribution is 7.08. The Kier molecular flexibility index (Phi) is 4.09. The van der Waals surface area contributed by atoms with Crippen molar-refractivity contribution in [2.45, 2.75) is 20.8 Å². The Hall–Kier alpha value is -0.700. The summed E-state index contributed by atoms with van der Waals surface area (Å²) in [4.78, 5) is 2.31. The van der Waals surface area contributed by atoms with E-state index in [2.05, 4.69) is 29.5 Å². The molecule has 0 amide bonds. The maximum absolute atomic E-state index is 5.53. The lowest BCUT2D eigenvalue weighted by Crippen LogP contribution is -2.21. The summed E-state index contributed by atoms with van der Waals surface area (Å²) < 4.78 is 5.53. The molecule has 0 aliphatic rings. The van der Waals surface area contributed by atoms with E-state index in [0.717, 1.165) is 25.4 Å². The van der Waals surface area contributed by atoms with Crippen LogP contribution in [-0.2, 0) is 0 Å². The zero-order chi connectivity index (χ0) is 9.68. The van der Waals surface area contributed by atoms with Crippen molar-refractivity contribution in [1.82, 2.24) is 0 Å².